The van der Waals surface area contributed by atoms with E-state index in [1.165, 1.54) is 36.0 Å². The molecule has 0 aromatic heterocycles. The average Bonchev–Trinajstić information content (AvgIpc) is 2.55. The lowest BCUT2D eigenvalue weighted by molar-refractivity contribution is 0.135. The number of rotatable bonds is 1. The Morgan fingerprint density at radius 1 is 0.900 bits per heavy atom. The van der Waals surface area contributed by atoms with E-state index >= 15 is 0 Å². The van der Waals surface area contributed by atoms with Gasteiger partial charge in [0.05, 0.1) is 0 Å². The highest BCUT2D eigenvalue weighted by atomic mass is 16.5. The van der Waals surface area contributed by atoms with E-state index in [0.717, 1.165) is 12.3 Å². The van der Waals surface area contributed by atoms with Gasteiger partial charge in [0.25, 0.3) is 0 Å². The molecule has 0 spiro atoms. The monoisotopic (exact) mass is 265 g/mol. The number of para-hydroxylation sites is 1. The van der Waals surface area contributed by atoms with Gasteiger partial charge in [0, 0.05) is 17.2 Å². The minimum absolute atomic E-state index is 0.140. The molecule has 2 aliphatic heterocycles. The van der Waals surface area contributed by atoms with Crippen LogP contribution in [0, 0.1) is 0 Å². The van der Waals surface area contributed by atoms with Crippen LogP contribution in [-0.4, -0.2) is 12.6 Å². The topological polar surface area (TPSA) is 21.3 Å². The molecule has 1 fully saturated rings. The summed E-state index contributed by atoms with van der Waals surface area (Å²) in [6.45, 7) is 1.11. The van der Waals surface area contributed by atoms with E-state index in [-0.39, 0.29) is 6.10 Å². The van der Waals surface area contributed by atoms with Crippen molar-refractivity contribution in [2.75, 3.05) is 6.54 Å². The largest absolute Gasteiger partial charge is 0.483 e. The Morgan fingerprint density at radius 2 is 1.70 bits per heavy atom. The van der Waals surface area contributed by atoms with E-state index in [0.29, 0.717) is 6.04 Å². The fourth-order valence-corrected chi connectivity index (χ4v) is 3.42. The Balaban J connectivity index is 1.80. The smallest absolute Gasteiger partial charge is 0.140 e. The molecule has 2 unspecified atom stereocenters. The summed E-state index contributed by atoms with van der Waals surface area (Å²) in [5.41, 5.74) is 3.87. The molecule has 102 valence electrons. The number of piperidine rings is 1. The predicted molar refractivity (Wildman–Crippen MR) is 80.9 cm³/mol. The SMILES string of the molecule is c1ccc2c(c1)OC(C1CCCCN1)c1ccccc1-2. The third-order valence-corrected chi connectivity index (χ3v) is 4.41. The molecule has 2 aliphatic rings. The standard InChI is InChI=1S/C18H19NO/c1-2-9-15-13(7-1)14-8-3-4-11-17(14)20-18(15)16-10-5-6-12-19-16/h1-4,7-9,11,16,18-19H,5-6,10,12H2. The highest BCUT2D eigenvalue weighted by Crippen LogP contribution is 2.44. The third-order valence-electron chi connectivity index (χ3n) is 4.41. The van der Waals surface area contributed by atoms with Gasteiger partial charge in [-0.05, 0) is 31.0 Å². The molecule has 20 heavy (non-hydrogen) atoms. The second-order valence-electron chi connectivity index (χ2n) is 5.68. The molecule has 2 aromatic rings. The Bertz CT molecular complexity index is 616. The van der Waals surface area contributed by atoms with Gasteiger partial charge in [-0.15, -0.1) is 0 Å². The maximum atomic E-state index is 6.34. The number of ether oxygens (including phenoxy) is 1. The molecule has 2 aromatic carbocycles. The van der Waals surface area contributed by atoms with E-state index in [4.69, 9.17) is 4.74 Å². The fraction of sp³-hybridized carbons (Fsp3) is 0.333. The molecular formula is C18H19NO. The first-order valence-corrected chi connectivity index (χ1v) is 7.52. The van der Waals surface area contributed by atoms with Crippen molar-refractivity contribution in [3.05, 3.63) is 54.1 Å². The van der Waals surface area contributed by atoms with Crippen molar-refractivity contribution in [2.24, 2.45) is 0 Å². The zero-order valence-corrected chi connectivity index (χ0v) is 11.5. The van der Waals surface area contributed by atoms with E-state index in [1.807, 2.05) is 0 Å². The van der Waals surface area contributed by atoms with Crippen LogP contribution >= 0.6 is 0 Å². The molecule has 1 N–H and O–H groups in total. The summed E-state index contributed by atoms with van der Waals surface area (Å²) in [7, 11) is 0. The highest BCUT2D eigenvalue weighted by Gasteiger charge is 2.32. The number of hydrogen-bond donors (Lipinski definition) is 1. The first kappa shape index (κ1) is 12.0. The van der Waals surface area contributed by atoms with Crippen molar-refractivity contribution >= 4 is 0 Å². The van der Waals surface area contributed by atoms with Crippen LogP contribution in [0.4, 0.5) is 0 Å². The Kier molecular flexibility index (Phi) is 2.96. The number of nitrogens with one attached hydrogen (secondary N) is 1. The summed E-state index contributed by atoms with van der Waals surface area (Å²) in [4.78, 5) is 0. The van der Waals surface area contributed by atoms with Gasteiger partial charge >= 0.3 is 0 Å². The van der Waals surface area contributed by atoms with Gasteiger partial charge in [-0.1, -0.05) is 48.9 Å². The number of fused-ring (bicyclic) bond motifs is 3. The summed E-state index contributed by atoms with van der Waals surface area (Å²) >= 11 is 0. The first-order chi connectivity index (χ1) is 9.93. The van der Waals surface area contributed by atoms with Crippen LogP contribution in [0.1, 0.15) is 30.9 Å². The van der Waals surface area contributed by atoms with Crippen molar-refractivity contribution in [2.45, 2.75) is 31.4 Å². The molecule has 0 aliphatic carbocycles. The second-order valence-corrected chi connectivity index (χ2v) is 5.68. The van der Waals surface area contributed by atoms with Gasteiger partial charge in [0.15, 0.2) is 0 Å². The van der Waals surface area contributed by atoms with E-state index in [9.17, 15) is 0 Å². The lowest BCUT2D eigenvalue weighted by Crippen LogP contribution is -2.41. The average molecular weight is 265 g/mol. The van der Waals surface area contributed by atoms with Crippen molar-refractivity contribution < 1.29 is 4.74 Å². The molecule has 1 saturated heterocycles. The minimum atomic E-state index is 0.140. The van der Waals surface area contributed by atoms with Gasteiger partial charge in [0.1, 0.15) is 11.9 Å². The van der Waals surface area contributed by atoms with E-state index in [2.05, 4.69) is 53.8 Å². The summed E-state index contributed by atoms with van der Waals surface area (Å²) in [6.07, 6.45) is 3.91. The summed E-state index contributed by atoms with van der Waals surface area (Å²) < 4.78 is 6.34. The molecule has 0 bridgehead atoms. The van der Waals surface area contributed by atoms with Crippen LogP contribution < -0.4 is 10.1 Å². The van der Waals surface area contributed by atoms with Crippen LogP contribution in [0.5, 0.6) is 5.75 Å². The maximum Gasteiger partial charge on any atom is 0.140 e. The van der Waals surface area contributed by atoms with E-state index in [1.54, 1.807) is 0 Å². The normalized spacial score (nSPS) is 24.4. The molecule has 0 amide bonds. The quantitative estimate of drug-likeness (QED) is 0.843. The molecule has 0 saturated carbocycles. The van der Waals surface area contributed by atoms with Gasteiger partial charge in [0.2, 0.25) is 0 Å². The van der Waals surface area contributed by atoms with Crippen molar-refractivity contribution in [3.63, 3.8) is 0 Å². The third kappa shape index (κ3) is 1.92. The highest BCUT2D eigenvalue weighted by molar-refractivity contribution is 5.75. The van der Waals surface area contributed by atoms with Crippen LogP contribution in [0.2, 0.25) is 0 Å². The molecule has 0 radical (unpaired) electrons. The van der Waals surface area contributed by atoms with Gasteiger partial charge in [-0.25, -0.2) is 0 Å². The lowest BCUT2D eigenvalue weighted by atomic mass is 9.87. The Morgan fingerprint density at radius 3 is 2.55 bits per heavy atom. The maximum absolute atomic E-state index is 6.34. The van der Waals surface area contributed by atoms with Crippen LogP contribution in [0.15, 0.2) is 48.5 Å². The Hall–Kier alpha value is -1.80. The predicted octanol–water partition coefficient (Wildman–Crippen LogP) is 3.93. The summed E-state index contributed by atoms with van der Waals surface area (Å²) in [5.74, 6) is 1.02. The molecular weight excluding hydrogens is 246 g/mol. The van der Waals surface area contributed by atoms with Crippen LogP contribution in [0.25, 0.3) is 11.1 Å². The zero-order chi connectivity index (χ0) is 13.4. The fourth-order valence-electron chi connectivity index (χ4n) is 3.42. The van der Waals surface area contributed by atoms with Crippen LogP contribution in [0.3, 0.4) is 0 Å². The van der Waals surface area contributed by atoms with Gasteiger partial charge < -0.3 is 10.1 Å². The van der Waals surface area contributed by atoms with Crippen LogP contribution in [-0.2, 0) is 0 Å². The number of hydrogen-bond acceptors (Lipinski definition) is 2. The molecule has 2 heteroatoms. The second kappa shape index (κ2) is 4.95. The van der Waals surface area contributed by atoms with Crippen molar-refractivity contribution in [3.8, 4) is 16.9 Å². The Labute approximate surface area is 119 Å². The van der Waals surface area contributed by atoms with E-state index < -0.39 is 0 Å². The first-order valence-electron chi connectivity index (χ1n) is 7.52. The summed E-state index contributed by atoms with van der Waals surface area (Å²) in [6, 6.07) is 17.5. The summed E-state index contributed by atoms with van der Waals surface area (Å²) in [5, 5.41) is 3.64. The molecule has 2 atom stereocenters. The molecule has 2 nitrogen and oxygen atoms in total. The zero-order valence-electron chi connectivity index (χ0n) is 11.5. The van der Waals surface area contributed by atoms with Gasteiger partial charge in [-0.3, -0.25) is 0 Å². The van der Waals surface area contributed by atoms with Crippen molar-refractivity contribution in [1.82, 2.24) is 5.32 Å². The molecule has 2 heterocycles. The molecule has 4 rings (SSSR count). The van der Waals surface area contributed by atoms with Crippen molar-refractivity contribution in [1.29, 1.82) is 0 Å². The minimum Gasteiger partial charge on any atom is -0.483 e. The van der Waals surface area contributed by atoms with Gasteiger partial charge in [-0.2, -0.15) is 0 Å². The lowest BCUT2D eigenvalue weighted by Gasteiger charge is -2.36. The number of benzene rings is 2.